The Morgan fingerprint density at radius 1 is 1.07 bits per heavy atom. The lowest BCUT2D eigenvalue weighted by Gasteiger charge is -2.31. The molecule has 2 aromatic carbocycles. The Morgan fingerprint density at radius 2 is 1.83 bits per heavy atom. The fourth-order valence-electron chi connectivity index (χ4n) is 3.86. The van der Waals surface area contributed by atoms with Gasteiger partial charge in [0.2, 0.25) is 0 Å². The maximum Gasteiger partial charge on any atom is 0.272 e. The van der Waals surface area contributed by atoms with Crippen molar-refractivity contribution in [3.63, 3.8) is 0 Å². The van der Waals surface area contributed by atoms with E-state index in [9.17, 15) is 4.79 Å². The molecule has 0 N–H and O–H groups in total. The SMILES string of the molecule is CCN(Cc1ccccc1)C(=O)c1cc(N2CCCc3ccccc32)nc(C)n1. The Morgan fingerprint density at radius 3 is 2.62 bits per heavy atom. The van der Waals surface area contributed by atoms with Gasteiger partial charge in [-0.2, -0.15) is 0 Å². The Hall–Kier alpha value is -3.21. The first-order valence-corrected chi connectivity index (χ1v) is 10.2. The Labute approximate surface area is 172 Å². The number of para-hydroxylation sites is 1. The van der Waals surface area contributed by atoms with Gasteiger partial charge in [-0.15, -0.1) is 0 Å². The Balaban J connectivity index is 1.64. The minimum absolute atomic E-state index is 0.0617. The van der Waals surface area contributed by atoms with Crippen molar-refractivity contribution in [2.45, 2.75) is 33.2 Å². The Kier molecular flexibility index (Phi) is 5.56. The standard InChI is InChI=1S/C24H26N4O/c1-3-27(17-19-10-5-4-6-11-19)24(29)21-16-23(26-18(2)25-21)28-15-9-13-20-12-7-8-14-22(20)28/h4-8,10-12,14,16H,3,9,13,15,17H2,1-2H3. The summed E-state index contributed by atoms with van der Waals surface area (Å²) in [5.41, 5.74) is 4.06. The van der Waals surface area contributed by atoms with Gasteiger partial charge in [0, 0.05) is 31.4 Å². The van der Waals surface area contributed by atoms with E-state index in [2.05, 4.69) is 39.1 Å². The summed E-state index contributed by atoms with van der Waals surface area (Å²) in [6, 6.07) is 20.3. The average Bonchev–Trinajstić information content (AvgIpc) is 2.77. The first kappa shape index (κ1) is 19.1. The fourth-order valence-corrected chi connectivity index (χ4v) is 3.86. The highest BCUT2D eigenvalue weighted by Gasteiger charge is 2.22. The summed E-state index contributed by atoms with van der Waals surface area (Å²) in [4.78, 5) is 26.4. The summed E-state index contributed by atoms with van der Waals surface area (Å²) in [7, 11) is 0. The van der Waals surface area contributed by atoms with Crippen molar-refractivity contribution in [3.8, 4) is 0 Å². The van der Waals surface area contributed by atoms with Gasteiger partial charge < -0.3 is 9.80 Å². The van der Waals surface area contributed by atoms with Gasteiger partial charge in [-0.1, -0.05) is 48.5 Å². The molecule has 5 nitrogen and oxygen atoms in total. The van der Waals surface area contributed by atoms with Gasteiger partial charge in [0.1, 0.15) is 17.3 Å². The summed E-state index contributed by atoms with van der Waals surface area (Å²) in [6.45, 7) is 5.93. The van der Waals surface area contributed by atoms with Crippen molar-refractivity contribution in [2.75, 3.05) is 18.0 Å². The van der Waals surface area contributed by atoms with Crippen LogP contribution < -0.4 is 4.90 Å². The lowest BCUT2D eigenvalue weighted by atomic mass is 10.0. The molecule has 1 aliphatic heterocycles. The second kappa shape index (κ2) is 8.43. The molecule has 0 spiro atoms. The van der Waals surface area contributed by atoms with Gasteiger partial charge in [-0.3, -0.25) is 4.79 Å². The molecule has 0 aliphatic carbocycles. The molecule has 3 aromatic rings. The van der Waals surface area contributed by atoms with Gasteiger partial charge in [-0.25, -0.2) is 9.97 Å². The molecule has 29 heavy (non-hydrogen) atoms. The number of rotatable bonds is 5. The van der Waals surface area contributed by atoms with Gasteiger partial charge in [0.25, 0.3) is 5.91 Å². The third-order valence-electron chi connectivity index (χ3n) is 5.32. The molecule has 0 radical (unpaired) electrons. The minimum Gasteiger partial charge on any atom is -0.333 e. The number of hydrogen-bond acceptors (Lipinski definition) is 4. The molecule has 0 fully saturated rings. The molecule has 4 rings (SSSR count). The zero-order valence-corrected chi connectivity index (χ0v) is 17.0. The minimum atomic E-state index is -0.0617. The lowest BCUT2D eigenvalue weighted by Crippen LogP contribution is -2.32. The zero-order chi connectivity index (χ0) is 20.2. The van der Waals surface area contributed by atoms with E-state index < -0.39 is 0 Å². The summed E-state index contributed by atoms with van der Waals surface area (Å²) in [6.07, 6.45) is 2.14. The maximum absolute atomic E-state index is 13.2. The highest BCUT2D eigenvalue weighted by molar-refractivity contribution is 5.93. The van der Waals surface area contributed by atoms with Crippen LogP contribution in [0.2, 0.25) is 0 Å². The normalized spacial score (nSPS) is 13.1. The van der Waals surface area contributed by atoms with E-state index in [1.54, 1.807) is 0 Å². The van der Waals surface area contributed by atoms with Crippen LogP contribution in [0, 0.1) is 6.92 Å². The number of aryl methyl sites for hydroxylation is 2. The third-order valence-corrected chi connectivity index (χ3v) is 5.32. The summed E-state index contributed by atoms with van der Waals surface area (Å²) in [5, 5.41) is 0. The molecule has 5 heteroatoms. The number of hydrogen-bond donors (Lipinski definition) is 0. The summed E-state index contributed by atoms with van der Waals surface area (Å²) < 4.78 is 0. The molecule has 0 bridgehead atoms. The third kappa shape index (κ3) is 4.14. The van der Waals surface area contributed by atoms with Gasteiger partial charge in [0.15, 0.2) is 0 Å². The maximum atomic E-state index is 13.2. The highest BCUT2D eigenvalue weighted by atomic mass is 16.2. The molecule has 1 aromatic heterocycles. The van der Waals surface area contributed by atoms with E-state index in [0.717, 1.165) is 30.8 Å². The van der Waals surface area contributed by atoms with E-state index in [-0.39, 0.29) is 5.91 Å². The predicted octanol–water partition coefficient (Wildman–Crippen LogP) is 4.53. The lowest BCUT2D eigenvalue weighted by molar-refractivity contribution is 0.0746. The number of amides is 1. The van der Waals surface area contributed by atoms with Crippen LogP contribution in [0.1, 0.15) is 40.8 Å². The second-order valence-corrected chi connectivity index (χ2v) is 7.35. The predicted molar refractivity (Wildman–Crippen MR) is 115 cm³/mol. The van der Waals surface area contributed by atoms with Crippen LogP contribution in [-0.2, 0) is 13.0 Å². The van der Waals surface area contributed by atoms with Crippen LogP contribution in [0.4, 0.5) is 11.5 Å². The van der Waals surface area contributed by atoms with Crippen LogP contribution >= 0.6 is 0 Å². The van der Waals surface area contributed by atoms with Gasteiger partial charge in [0.05, 0.1) is 0 Å². The van der Waals surface area contributed by atoms with Crippen molar-refractivity contribution in [1.82, 2.24) is 14.9 Å². The Bertz CT molecular complexity index is 1000. The monoisotopic (exact) mass is 386 g/mol. The van der Waals surface area contributed by atoms with Crippen LogP contribution in [0.15, 0.2) is 60.7 Å². The molecular weight excluding hydrogens is 360 g/mol. The topological polar surface area (TPSA) is 49.3 Å². The molecule has 0 atom stereocenters. The van der Waals surface area contributed by atoms with E-state index in [1.807, 2.05) is 55.1 Å². The van der Waals surface area contributed by atoms with E-state index in [0.29, 0.717) is 24.6 Å². The van der Waals surface area contributed by atoms with E-state index in [4.69, 9.17) is 0 Å². The molecule has 2 heterocycles. The van der Waals surface area contributed by atoms with E-state index >= 15 is 0 Å². The van der Waals surface area contributed by atoms with Crippen LogP contribution in [-0.4, -0.2) is 33.9 Å². The molecule has 148 valence electrons. The van der Waals surface area contributed by atoms with Gasteiger partial charge in [-0.05, 0) is 43.9 Å². The number of aromatic nitrogens is 2. The molecule has 0 saturated carbocycles. The highest BCUT2D eigenvalue weighted by Crippen LogP contribution is 2.32. The smallest absolute Gasteiger partial charge is 0.272 e. The largest absolute Gasteiger partial charge is 0.333 e. The van der Waals surface area contributed by atoms with Crippen LogP contribution in [0.25, 0.3) is 0 Å². The molecule has 0 saturated heterocycles. The quantitative estimate of drug-likeness (QED) is 0.646. The van der Waals surface area contributed by atoms with Crippen LogP contribution in [0.5, 0.6) is 0 Å². The van der Waals surface area contributed by atoms with Crippen molar-refractivity contribution >= 4 is 17.4 Å². The molecule has 0 unspecified atom stereocenters. The molecular formula is C24H26N4O. The van der Waals surface area contributed by atoms with Crippen molar-refractivity contribution in [3.05, 3.63) is 83.3 Å². The number of nitrogens with zero attached hydrogens (tertiary/aromatic N) is 4. The number of carbonyl (C=O) groups excluding carboxylic acids is 1. The number of benzene rings is 2. The first-order valence-electron chi connectivity index (χ1n) is 10.2. The zero-order valence-electron chi connectivity index (χ0n) is 17.0. The van der Waals surface area contributed by atoms with Gasteiger partial charge >= 0.3 is 0 Å². The fraction of sp³-hybridized carbons (Fsp3) is 0.292. The number of anilines is 2. The van der Waals surface area contributed by atoms with E-state index in [1.165, 1.54) is 11.3 Å². The van der Waals surface area contributed by atoms with Crippen LogP contribution in [0.3, 0.4) is 0 Å². The van der Waals surface area contributed by atoms with Crippen molar-refractivity contribution < 1.29 is 4.79 Å². The second-order valence-electron chi connectivity index (χ2n) is 7.35. The first-order chi connectivity index (χ1) is 14.2. The van der Waals surface area contributed by atoms with Crippen molar-refractivity contribution in [2.24, 2.45) is 0 Å². The summed E-state index contributed by atoms with van der Waals surface area (Å²) in [5.74, 6) is 1.35. The number of carbonyl (C=O) groups is 1. The average molecular weight is 386 g/mol. The summed E-state index contributed by atoms with van der Waals surface area (Å²) >= 11 is 0. The number of fused-ring (bicyclic) bond motifs is 1. The molecule has 1 amide bonds. The van der Waals surface area contributed by atoms with Crippen molar-refractivity contribution in [1.29, 1.82) is 0 Å². The molecule has 1 aliphatic rings.